The van der Waals surface area contributed by atoms with Crippen LogP contribution in [0.2, 0.25) is 0 Å². The van der Waals surface area contributed by atoms with Crippen LogP contribution < -0.4 is 0 Å². The minimum Gasteiger partial charge on any atom is -0.309 e. The third-order valence-electron chi connectivity index (χ3n) is 14.3. The summed E-state index contributed by atoms with van der Waals surface area (Å²) in [7, 11) is 0. The van der Waals surface area contributed by atoms with E-state index in [1.807, 2.05) is 0 Å². The van der Waals surface area contributed by atoms with Crippen LogP contribution >= 0.6 is 0 Å². The van der Waals surface area contributed by atoms with Gasteiger partial charge in [0.15, 0.2) is 0 Å². The first-order chi connectivity index (χ1) is 32.0. The fraction of sp³-hybridized carbons (Fsp3) is 0.0492. The van der Waals surface area contributed by atoms with Crippen LogP contribution in [-0.4, -0.2) is 19.1 Å². The van der Waals surface area contributed by atoms with E-state index < -0.39 is 0 Å². The van der Waals surface area contributed by atoms with Gasteiger partial charge in [-0.05, 0) is 103 Å². The monoisotopic (exact) mass is 828 g/mol. The Balaban J connectivity index is 1.08. The number of nitrogens with zero attached hydrogens (tertiary/aromatic N) is 4. The van der Waals surface area contributed by atoms with Gasteiger partial charge in [0, 0.05) is 43.6 Å². The van der Waals surface area contributed by atoms with Crippen LogP contribution in [0.5, 0.6) is 0 Å². The highest BCUT2D eigenvalue weighted by Gasteiger charge is 2.35. The van der Waals surface area contributed by atoms with E-state index in [1.54, 1.807) is 0 Å². The van der Waals surface area contributed by atoms with Gasteiger partial charge in [-0.2, -0.15) is 0 Å². The van der Waals surface area contributed by atoms with E-state index in [2.05, 4.69) is 229 Å². The van der Waals surface area contributed by atoms with Gasteiger partial charge < -0.3 is 4.57 Å². The third kappa shape index (κ3) is 5.02. The highest BCUT2D eigenvalue weighted by Crippen LogP contribution is 2.50. The van der Waals surface area contributed by atoms with E-state index in [4.69, 9.17) is 9.97 Å². The quantitative estimate of drug-likeness (QED) is 0.177. The molecule has 1 aliphatic carbocycles. The minimum atomic E-state index is -0.138. The maximum atomic E-state index is 5.63. The summed E-state index contributed by atoms with van der Waals surface area (Å²) < 4.78 is 4.74. The molecule has 65 heavy (non-hydrogen) atoms. The Hall–Kier alpha value is -8.34. The maximum Gasteiger partial charge on any atom is 0.235 e. The van der Waals surface area contributed by atoms with Gasteiger partial charge in [-0.25, -0.2) is 9.97 Å². The van der Waals surface area contributed by atoms with E-state index in [0.717, 1.165) is 38.9 Å². The van der Waals surface area contributed by atoms with Gasteiger partial charge >= 0.3 is 0 Å². The Morgan fingerprint density at radius 3 is 1.54 bits per heavy atom. The van der Waals surface area contributed by atoms with E-state index in [1.165, 1.54) is 87.5 Å². The van der Waals surface area contributed by atoms with Crippen molar-refractivity contribution in [1.29, 1.82) is 0 Å². The number of hydrogen-bond donors (Lipinski definition) is 0. The molecule has 0 atom stereocenters. The maximum absolute atomic E-state index is 5.63. The molecule has 0 unspecified atom stereocenters. The lowest BCUT2D eigenvalue weighted by molar-refractivity contribution is 0.660. The van der Waals surface area contributed by atoms with Gasteiger partial charge in [0.1, 0.15) is 0 Å². The Morgan fingerprint density at radius 2 is 0.862 bits per heavy atom. The van der Waals surface area contributed by atoms with Crippen LogP contribution in [0.3, 0.4) is 0 Å². The zero-order valence-corrected chi connectivity index (χ0v) is 35.9. The second-order valence-electron chi connectivity index (χ2n) is 18.1. The summed E-state index contributed by atoms with van der Waals surface area (Å²) >= 11 is 0. The summed E-state index contributed by atoms with van der Waals surface area (Å²) in [6.07, 6.45) is 0. The summed E-state index contributed by atoms with van der Waals surface area (Å²) in [6.45, 7) is 4.68. The molecule has 0 fully saturated rings. The number of para-hydroxylation sites is 4. The molecule has 1 aliphatic rings. The largest absolute Gasteiger partial charge is 0.309 e. The van der Waals surface area contributed by atoms with Gasteiger partial charge in [-0.1, -0.05) is 172 Å². The lowest BCUT2D eigenvalue weighted by Gasteiger charge is -2.22. The van der Waals surface area contributed by atoms with Crippen molar-refractivity contribution in [1.82, 2.24) is 19.1 Å². The molecular formula is C61H40N4. The Labute approximate surface area is 375 Å². The van der Waals surface area contributed by atoms with Gasteiger partial charge in [0.25, 0.3) is 0 Å². The number of benzene rings is 10. The van der Waals surface area contributed by atoms with Crippen LogP contribution in [0, 0.1) is 0 Å². The van der Waals surface area contributed by atoms with E-state index >= 15 is 0 Å². The summed E-state index contributed by atoms with van der Waals surface area (Å²) in [5.41, 5.74) is 16.1. The third-order valence-corrected chi connectivity index (χ3v) is 14.3. The van der Waals surface area contributed by atoms with Crippen LogP contribution in [0.1, 0.15) is 25.0 Å². The second kappa shape index (κ2) is 13.3. The lowest BCUT2D eigenvalue weighted by Crippen LogP contribution is -2.15. The molecule has 0 saturated heterocycles. The SMILES string of the molecule is CC1(C)c2ccccc2-c2ccc(-c3nc(-n4c5ccccc5c5c6ccccc6c(-c6cc7c(c8ccccc68)c6ccccc6n7-c6ccccc6)cc54)nc4ccccc34)cc21. The van der Waals surface area contributed by atoms with Crippen molar-refractivity contribution in [3.8, 4) is 45.1 Å². The Bertz CT molecular complexity index is 4150. The van der Waals surface area contributed by atoms with E-state index in [9.17, 15) is 0 Å². The number of hydrogen-bond acceptors (Lipinski definition) is 2. The Kier molecular flexibility index (Phi) is 7.42. The first-order valence-corrected chi connectivity index (χ1v) is 22.5. The van der Waals surface area contributed by atoms with Gasteiger partial charge in [-0.15, -0.1) is 0 Å². The van der Waals surface area contributed by atoms with Gasteiger partial charge in [0.2, 0.25) is 5.95 Å². The Morgan fingerprint density at radius 1 is 0.354 bits per heavy atom. The molecule has 13 aromatic rings. The molecule has 0 N–H and O–H groups in total. The van der Waals surface area contributed by atoms with Crippen LogP contribution in [0.25, 0.3) is 121 Å². The normalized spacial score (nSPS) is 13.2. The van der Waals surface area contributed by atoms with Gasteiger partial charge in [0.05, 0.1) is 33.3 Å². The molecular weight excluding hydrogens is 789 g/mol. The van der Waals surface area contributed by atoms with Crippen molar-refractivity contribution in [3.05, 3.63) is 217 Å². The number of rotatable bonds is 4. The average molecular weight is 829 g/mol. The highest BCUT2D eigenvalue weighted by atomic mass is 15.2. The molecule has 10 aromatic carbocycles. The highest BCUT2D eigenvalue weighted by molar-refractivity contribution is 6.28. The molecule has 0 aliphatic heterocycles. The summed E-state index contributed by atoms with van der Waals surface area (Å²) in [5.74, 6) is 0.652. The fourth-order valence-electron chi connectivity index (χ4n) is 11.4. The zero-order valence-electron chi connectivity index (χ0n) is 35.9. The van der Waals surface area contributed by atoms with Crippen molar-refractivity contribution in [2.45, 2.75) is 19.3 Å². The van der Waals surface area contributed by atoms with Crippen LogP contribution in [0.4, 0.5) is 0 Å². The molecule has 0 spiro atoms. The molecule has 3 heterocycles. The van der Waals surface area contributed by atoms with Crippen molar-refractivity contribution in [3.63, 3.8) is 0 Å². The predicted molar refractivity (Wildman–Crippen MR) is 272 cm³/mol. The molecule has 3 aromatic heterocycles. The molecule has 0 bridgehead atoms. The van der Waals surface area contributed by atoms with Gasteiger partial charge in [-0.3, -0.25) is 4.57 Å². The standard InChI is InChI=1S/C61H40N4/c1-61(2)50-28-14-10-22-41(50)42-33-32-37(34-51(42)61)59-45-25-11-15-29-52(45)62-60(63-59)65-54-31-17-13-27-47(54)58-44-24-9-7-21-40(44)49(36-56(58)65)48-35-55-57(43-23-8-6-20-39(43)48)46-26-12-16-30-53(46)64(55)38-18-4-3-5-19-38/h3-36H,1-2H3. The molecule has 0 saturated carbocycles. The van der Waals surface area contributed by atoms with Crippen LogP contribution in [-0.2, 0) is 5.41 Å². The van der Waals surface area contributed by atoms with Crippen molar-refractivity contribution in [2.75, 3.05) is 0 Å². The second-order valence-corrected chi connectivity index (χ2v) is 18.1. The number of aromatic nitrogens is 4. The van der Waals surface area contributed by atoms with E-state index in [0.29, 0.717) is 5.95 Å². The summed E-state index contributed by atoms with van der Waals surface area (Å²) in [5, 5.41) is 10.8. The van der Waals surface area contributed by atoms with Crippen molar-refractivity contribution < 1.29 is 0 Å². The summed E-state index contributed by atoms with van der Waals surface area (Å²) in [4.78, 5) is 11.1. The van der Waals surface area contributed by atoms with Crippen LogP contribution in [0.15, 0.2) is 206 Å². The molecule has 304 valence electrons. The molecule has 0 amide bonds. The minimum absolute atomic E-state index is 0.138. The predicted octanol–water partition coefficient (Wildman–Crippen LogP) is 15.8. The van der Waals surface area contributed by atoms with Crippen molar-refractivity contribution in [2.24, 2.45) is 0 Å². The molecule has 0 radical (unpaired) electrons. The first kappa shape index (κ1) is 36.2. The first-order valence-electron chi connectivity index (χ1n) is 22.5. The summed E-state index contributed by atoms with van der Waals surface area (Å²) in [6, 6.07) is 75.3. The van der Waals surface area contributed by atoms with Crippen molar-refractivity contribution >= 4 is 76.1 Å². The molecule has 4 nitrogen and oxygen atoms in total. The van der Waals surface area contributed by atoms with E-state index in [-0.39, 0.29) is 5.41 Å². The zero-order chi connectivity index (χ0) is 43.0. The molecule has 4 heteroatoms. The topological polar surface area (TPSA) is 35.6 Å². The average Bonchev–Trinajstić information content (AvgIpc) is 3.96. The number of fused-ring (bicyclic) bond motifs is 14. The smallest absolute Gasteiger partial charge is 0.235 e. The fourth-order valence-corrected chi connectivity index (χ4v) is 11.4. The lowest BCUT2D eigenvalue weighted by atomic mass is 9.82. The molecule has 14 rings (SSSR count).